The third kappa shape index (κ3) is 6.83. The minimum absolute atomic E-state index is 0.167. The van der Waals surface area contributed by atoms with Gasteiger partial charge in [0.25, 0.3) is 5.91 Å². The molecule has 1 aliphatic heterocycles. The van der Waals surface area contributed by atoms with Crippen molar-refractivity contribution in [2.24, 2.45) is 0 Å². The monoisotopic (exact) mass is 543 g/mol. The van der Waals surface area contributed by atoms with E-state index in [1.54, 1.807) is 51.1 Å². The third-order valence-electron chi connectivity index (χ3n) is 6.18. The first-order valence-electron chi connectivity index (χ1n) is 12.9. The van der Waals surface area contributed by atoms with Gasteiger partial charge < -0.3 is 29.4 Å². The number of rotatable bonds is 8. The molecule has 9 nitrogen and oxygen atoms in total. The summed E-state index contributed by atoms with van der Waals surface area (Å²) in [6, 6.07) is 10.2. The molecule has 204 valence electrons. The molecule has 3 aromatic rings. The number of benzene rings is 2. The van der Waals surface area contributed by atoms with Crippen molar-refractivity contribution >= 4 is 45.4 Å². The molecule has 2 heterocycles. The van der Waals surface area contributed by atoms with Crippen LogP contribution in [0.25, 0.3) is 21.8 Å². The first-order valence-corrected chi connectivity index (χ1v) is 13.2. The van der Waals surface area contributed by atoms with Crippen LogP contribution in [0.5, 0.6) is 0 Å². The van der Waals surface area contributed by atoms with Gasteiger partial charge in [0.2, 0.25) is 0 Å². The number of nitrogens with one attached hydrogen (secondary N) is 2. The molecule has 0 bridgehead atoms. The maximum absolute atomic E-state index is 13.2. The average Bonchev–Trinajstić information content (AvgIpc) is 2.87. The summed E-state index contributed by atoms with van der Waals surface area (Å²) in [5, 5.41) is 3.87. The highest BCUT2D eigenvalue weighted by molar-refractivity contribution is 6.36. The molecule has 1 saturated heterocycles. The number of aromatic amines is 1. The molecule has 4 rings (SSSR count). The van der Waals surface area contributed by atoms with Crippen molar-refractivity contribution < 1.29 is 23.8 Å². The molecule has 1 aliphatic rings. The van der Waals surface area contributed by atoms with Crippen molar-refractivity contribution in [1.29, 1.82) is 0 Å². The Morgan fingerprint density at radius 1 is 1.16 bits per heavy atom. The van der Waals surface area contributed by atoms with Gasteiger partial charge in [-0.3, -0.25) is 9.59 Å². The second-order valence-electron chi connectivity index (χ2n) is 10.2. The maximum Gasteiger partial charge on any atom is 0.410 e. The van der Waals surface area contributed by atoms with Gasteiger partial charge in [-0.05, 0) is 64.3 Å². The molecule has 1 atom stereocenters. The summed E-state index contributed by atoms with van der Waals surface area (Å²) in [7, 11) is 0. The Morgan fingerprint density at radius 3 is 2.68 bits per heavy atom. The molecule has 1 aromatic heterocycles. The molecule has 1 unspecified atom stereocenters. The van der Waals surface area contributed by atoms with E-state index < -0.39 is 17.6 Å². The predicted molar refractivity (Wildman–Crippen MR) is 147 cm³/mol. The van der Waals surface area contributed by atoms with E-state index in [0.29, 0.717) is 23.0 Å². The minimum atomic E-state index is -0.664. The van der Waals surface area contributed by atoms with Crippen molar-refractivity contribution in [2.75, 3.05) is 32.8 Å². The van der Waals surface area contributed by atoms with Gasteiger partial charge in [0.1, 0.15) is 5.60 Å². The number of H-pyrrole nitrogens is 1. The smallest absolute Gasteiger partial charge is 0.410 e. The molecular formula is C28H34ClN3O6. The van der Waals surface area contributed by atoms with Crippen molar-refractivity contribution in [1.82, 2.24) is 15.2 Å². The van der Waals surface area contributed by atoms with Crippen LogP contribution in [-0.2, 0) is 14.2 Å². The fourth-order valence-electron chi connectivity index (χ4n) is 4.34. The van der Waals surface area contributed by atoms with Crippen molar-refractivity contribution in [3.05, 3.63) is 57.2 Å². The van der Waals surface area contributed by atoms with E-state index in [4.69, 9.17) is 25.8 Å². The quantitative estimate of drug-likeness (QED) is 0.393. The van der Waals surface area contributed by atoms with Crippen LogP contribution < -0.4 is 10.7 Å². The topological polar surface area (TPSA) is 110 Å². The normalized spacial score (nSPS) is 15.9. The number of hydrogen-bond donors (Lipinski definition) is 2. The molecule has 1 fully saturated rings. The van der Waals surface area contributed by atoms with Crippen LogP contribution >= 0.6 is 11.6 Å². The van der Waals surface area contributed by atoms with Gasteiger partial charge in [-0.2, -0.15) is 0 Å². The SMILES string of the molecule is CC(C)(C)OC(=O)N(CCNC(=O)c1ccc(Cl)c2c(=O)c3ccccc3[nH]c12)CCOC1CCCCO1. The lowest BCUT2D eigenvalue weighted by Crippen LogP contribution is -2.43. The highest BCUT2D eigenvalue weighted by Crippen LogP contribution is 2.25. The number of hydrogen-bond acceptors (Lipinski definition) is 6. The standard InChI is InChI=1S/C28H34ClN3O6/c1-28(2,3)38-27(35)32(15-17-37-22-10-6-7-16-36-22)14-13-30-26(34)19-11-12-20(29)23-24(19)31-21-9-5-4-8-18(21)25(23)33/h4-5,8-9,11-12,22H,6-7,10,13-17H2,1-3H3,(H,30,34)(H,31,33). The molecule has 2 amide bonds. The summed E-state index contributed by atoms with van der Waals surface area (Å²) in [6.45, 7) is 7.02. The van der Waals surface area contributed by atoms with E-state index in [0.717, 1.165) is 19.3 Å². The first-order chi connectivity index (χ1) is 18.1. The Kier molecular flexibility index (Phi) is 8.91. The van der Waals surface area contributed by atoms with Crippen LogP contribution in [0.2, 0.25) is 5.02 Å². The van der Waals surface area contributed by atoms with Crippen LogP contribution in [-0.4, -0.2) is 66.6 Å². The maximum atomic E-state index is 13.2. The summed E-state index contributed by atoms with van der Waals surface area (Å²) in [5.41, 5.74) is 0.354. The zero-order chi connectivity index (χ0) is 27.3. The van der Waals surface area contributed by atoms with Crippen molar-refractivity contribution in [2.45, 2.75) is 51.9 Å². The Labute approximate surface area is 226 Å². The van der Waals surface area contributed by atoms with Crippen LogP contribution in [0.4, 0.5) is 4.79 Å². The molecule has 38 heavy (non-hydrogen) atoms. The second-order valence-corrected chi connectivity index (χ2v) is 10.6. The van der Waals surface area contributed by atoms with Gasteiger partial charge in [-0.1, -0.05) is 23.7 Å². The largest absolute Gasteiger partial charge is 0.444 e. The Balaban J connectivity index is 1.45. The molecule has 10 heteroatoms. The van der Waals surface area contributed by atoms with Crippen LogP contribution in [0.15, 0.2) is 41.2 Å². The number of para-hydroxylation sites is 1. The lowest BCUT2D eigenvalue weighted by atomic mass is 10.1. The zero-order valence-electron chi connectivity index (χ0n) is 22.0. The lowest BCUT2D eigenvalue weighted by Gasteiger charge is -2.28. The second kappa shape index (κ2) is 12.1. The molecule has 0 aliphatic carbocycles. The number of aromatic nitrogens is 1. The van der Waals surface area contributed by atoms with E-state index in [9.17, 15) is 14.4 Å². The molecule has 2 aromatic carbocycles. The van der Waals surface area contributed by atoms with Gasteiger partial charge >= 0.3 is 6.09 Å². The third-order valence-corrected chi connectivity index (χ3v) is 6.49. The molecule has 0 radical (unpaired) electrons. The van der Waals surface area contributed by atoms with E-state index in [1.165, 1.54) is 4.90 Å². The molecular weight excluding hydrogens is 510 g/mol. The number of fused-ring (bicyclic) bond motifs is 2. The summed E-state index contributed by atoms with van der Waals surface area (Å²) < 4.78 is 16.9. The summed E-state index contributed by atoms with van der Waals surface area (Å²) in [4.78, 5) is 43.7. The Hall–Kier alpha value is -3.14. The van der Waals surface area contributed by atoms with Gasteiger partial charge in [-0.25, -0.2) is 4.79 Å². The highest BCUT2D eigenvalue weighted by Gasteiger charge is 2.23. The van der Waals surface area contributed by atoms with E-state index in [2.05, 4.69) is 10.3 Å². The minimum Gasteiger partial charge on any atom is -0.444 e. The number of amides is 2. The Bertz CT molecular complexity index is 1360. The van der Waals surface area contributed by atoms with Crippen molar-refractivity contribution in [3.8, 4) is 0 Å². The van der Waals surface area contributed by atoms with Gasteiger partial charge in [0, 0.05) is 37.1 Å². The highest BCUT2D eigenvalue weighted by atomic mass is 35.5. The lowest BCUT2D eigenvalue weighted by molar-refractivity contribution is -0.163. The van der Waals surface area contributed by atoms with E-state index >= 15 is 0 Å². The number of carbonyl (C=O) groups excluding carboxylic acids is 2. The predicted octanol–water partition coefficient (Wildman–Crippen LogP) is 4.84. The number of halogens is 1. The van der Waals surface area contributed by atoms with Crippen LogP contribution in [0, 0.1) is 0 Å². The Morgan fingerprint density at radius 2 is 1.95 bits per heavy atom. The summed E-state index contributed by atoms with van der Waals surface area (Å²) in [6.07, 6.45) is 2.14. The number of ether oxygens (including phenoxy) is 3. The number of carbonyl (C=O) groups is 2. The van der Waals surface area contributed by atoms with Gasteiger partial charge in [0.05, 0.1) is 28.1 Å². The summed E-state index contributed by atoms with van der Waals surface area (Å²) >= 11 is 6.35. The van der Waals surface area contributed by atoms with Crippen molar-refractivity contribution in [3.63, 3.8) is 0 Å². The fourth-order valence-corrected chi connectivity index (χ4v) is 4.58. The van der Waals surface area contributed by atoms with E-state index in [-0.39, 0.29) is 53.9 Å². The van der Waals surface area contributed by atoms with Crippen LogP contribution in [0.3, 0.4) is 0 Å². The zero-order valence-corrected chi connectivity index (χ0v) is 22.7. The number of nitrogens with zero attached hydrogens (tertiary/aromatic N) is 1. The van der Waals surface area contributed by atoms with Gasteiger partial charge in [0.15, 0.2) is 11.7 Å². The average molecular weight is 544 g/mol. The van der Waals surface area contributed by atoms with Crippen LogP contribution in [0.1, 0.15) is 50.4 Å². The first kappa shape index (κ1) is 27.9. The van der Waals surface area contributed by atoms with E-state index in [1.807, 2.05) is 6.07 Å². The number of pyridine rings is 1. The molecule has 0 spiro atoms. The van der Waals surface area contributed by atoms with Gasteiger partial charge in [-0.15, -0.1) is 0 Å². The summed E-state index contributed by atoms with van der Waals surface area (Å²) in [5.74, 6) is -0.395. The molecule has 2 N–H and O–H groups in total. The fraction of sp³-hybridized carbons (Fsp3) is 0.464. The molecule has 0 saturated carbocycles.